The van der Waals surface area contributed by atoms with Gasteiger partial charge < -0.3 is 10.1 Å². The fraction of sp³-hybridized carbons (Fsp3) is 0.385. The third-order valence-electron chi connectivity index (χ3n) is 2.13. The van der Waals surface area contributed by atoms with Gasteiger partial charge in [-0.1, -0.05) is 18.5 Å². The Kier molecular flexibility index (Phi) is 5.16. The first-order valence-electron chi connectivity index (χ1n) is 5.74. The zero-order chi connectivity index (χ0) is 13.7. The molecule has 0 heterocycles. The smallest absolute Gasteiger partial charge is 0.339 e. The van der Waals surface area contributed by atoms with Crippen molar-refractivity contribution in [1.82, 2.24) is 0 Å². The van der Waals surface area contributed by atoms with E-state index < -0.39 is 5.97 Å². The Balaban J connectivity index is 2.94. The number of halogens is 1. The highest BCUT2D eigenvalue weighted by atomic mass is 35.5. The summed E-state index contributed by atoms with van der Waals surface area (Å²) in [7, 11) is 0. The SMILES string of the molecule is CCC(=O)Nc1ccc(Cl)c(C(=O)OC(C)C)c1. The molecule has 0 aromatic heterocycles. The van der Waals surface area contributed by atoms with Crippen molar-refractivity contribution < 1.29 is 14.3 Å². The summed E-state index contributed by atoms with van der Waals surface area (Å²) in [6.07, 6.45) is 0.149. The minimum absolute atomic E-state index is 0.125. The fourth-order valence-electron chi connectivity index (χ4n) is 1.29. The van der Waals surface area contributed by atoms with Crippen molar-refractivity contribution in [3.63, 3.8) is 0 Å². The van der Waals surface area contributed by atoms with Crippen molar-refractivity contribution in [1.29, 1.82) is 0 Å². The lowest BCUT2D eigenvalue weighted by atomic mass is 10.2. The molecule has 0 bridgehead atoms. The lowest BCUT2D eigenvalue weighted by molar-refractivity contribution is -0.115. The third kappa shape index (κ3) is 4.04. The van der Waals surface area contributed by atoms with Crippen molar-refractivity contribution in [2.24, 2.45) is 0 Å². The Hall–Kier alpha value is -1.55. The number of ether oxygens (including phenoxy) is 1. The first-order valence-corrected chi connectivity index (χ1v) is 6.12. The number of carbonyl (C=O) groups is 2. The molecule has 0 saturated heterocycles. The summed E-state index contributed by atoms with van der Waals surface area (Å²) < 4.78 is 5.07. The number of benzene rings is 1. The van der Waals surface area contributed by atoms with Gasteiger partial charge in [-0.3, -0.25) is 4.79 Å². The van der Waals surface area contributed by atoms with Crippen molar-refractivity contribution in [3.05, 3.63) is 28.8 Å². The minimum atomic E-state index is -0.498. The van der Waals surface area contributed by atoms with Gasteiger partial charge in [-0.25, -0.2) is 4.79 Å². The Morgan fingerprint density at radius 1 is 1.39 bits per heavy atom. The second-order valence-electron chi connectivity index (χ2n) is 4.05. The number of rotatable bonds is 4. The van der Waals surface area contributed by atoms with Gasteiger partial charge in [0.15, 0.2) is 0 Å². The summed E-state index contributed by atoms with van der Waals surface area (Å²) in [6.45, 7) is 5.27. The minimum Gasteiger partial charge on any atom is -0.459 e. The van der Waals surface area contributed by atoms with Crippen molar-refractivity contribution in [2.45, 2.75) is 33.3 Å². The van der Waals surface area contributed by atoms with E-state index in [9.17, 15) is 9.59 Å². The van der Waals surface area contributed by atoms with Gasteiger partial charge >= 0.3 is 5.97 Å². The standard InChI is InChI=1S/C13H16ClNO3/c1-4-12(16)15-9-5-6-11(14)10(7-9)13(17)18-8(2)3/h5-8H,4H2,1-3H3,(H,15,16). The Labute approximate surface area is 111 Å². The number of nitrogens with one attached hydrogen (secondary N) is 1. The van der Waals surface area contributed by atoms with Gasteiger partial charge in [-0.15, -0.1) is 0 Å². The summed E-state index contributed by atoms with van der Waals surface area (Å²) in [4.78, 5) is 23.0. The molecule has 0 atom stereocenters. The van der Waals surface area contributed by atoms with Crippen molar-refractivity contribution >= 4 is 29.2 Å². The van der Waals surface area contributed by atoms with E-state index in [1.807, 2.05) is 0 Å². The molecule has 0 aliphatic rings. The van der Waals surface area contributed by atoms with E-state index in [0.717, 1.165) is 0 Å². The van der Waals surface area contributed by atoms with Gasteiger partial charge in [0, 0.05) is 12.1 Å². The summed E-state index contributed by atoms with van der Waals surface area (Å²) in [5, 5.41) is 2.96. The molecule has 0 aliphatic heterocycles. The van der Waals surface area contributed by atoms with Crippen LogP contribution >= 0.6 is 11.6 Å². The molecule has 4 nitrogen and oxygen atoms in total. The first-order chi connectivity index (χ1) is 8.43. The van der Waals surface area contributed by atoms with Crippen molar-refractivity contribution in [2.75, 3.05) is 5.32 Å². The molecule has 18 heavy (non-hydrogen) atoms. The molecule has 0 fully saturated rings. The van der Waals surface area contributed by atoms with Crippen LogP contribution in [-0.2, 0) is 9.53 Å². The number of anilines is 1. The van der Waals surface area contributed by atoms with E-state index in [-0.39, 0.29) is 17.6 Å². The van der Waals surface area contributed by atoms with E-state index >= 15 is 0 Å². The molecule has 0 radical (unpaired) electrons. The number of esters is 1. The molecule has 1 aromatic rings. The Morgan fingerprint density at radius 3 is 2.61 bits per heavy atom. The van der Waals surface area contributed by atoms with Gasteiger partial charge in [-0.2, -0.15) is 0 Å². The zero-order valence-electron chi connectivity index (χ0n) is 10.6. The molecule has 1 aromatic carbocycles. The maximum Gasteiger partial charge on any atom is 0.339 e. The van der Waals surface area contributed by atoms with E-state index in [4.69, 9.17) is 16.3 Å². The Bertz CT molecular complexity index is 458. The van der Waals surface area contributed by atoms with Crippen LogP contribution in [-0.4, -0.2) is 18.0 Å². The second kappa shape index (κ2) is 6.40. The lowest BCUT2D eigenvalue weighted by Gasteiger charge is -2.11. The molecule has 1 N–H and O–H groups in total. The predicted octanol–water partition coefficient (Wildman–Crippen LogP) is 3.25. The van der Waals surface area contributed by atoms with Gasteiger partial charge in [0.2, 0.25) is 5.91 Å². The Morgan fingerprint density at radius 2 is 2.06 bits per heavy atom. The highest BCUT2D eigenvalue weighted by Gasteiger charge is 2.14. The highest BCUT2D eigenvalue weighted by Crippen LogP contribution is 2.22. The molecule has 1 rings (SSSR count). The quantitative estimate of drug-likeness (QED) is 0.854. The fourth-order valence-corrected chi connectivity index (χ4v) is 1.48. The normalized spacial score (nSPS) is 10.3. The van der Waals surface area contributed by atoms with Crippen molar-refractivity contribution in [3.8, 4) is 0 Å². The van der Waals surface area contributed by atoms with Gasteiger partial charge in [0.05, 0.1) is 16.7 Å². The maximum atomic E-state index is 11.8. The third-order valence-corrected chi connectivity index (χ3v) is 2.46. The highest BCUT2D eigenvalue weighted by molar-refractivity contribution is 6.33. The average Bonchev–Trinajstić information content (AvgIpc) is 2.30. The molecular formula is C13H16ClNO3. The van der Waals surface area contributed by atoms with Gasteiger partial charge in [0.1, 0.15) is 0 Å². The van der Waals surface area contributed by atoms with Crippen LogP contribution in [0.3, 0.4) is 0 Å². The van der Waals surface area contributed by atoms with Crippen LogP contribution in [0.1, 0.15) is 37.6 Å². The van der Waals surface area contributed by atoms with Crippen LogP contribution in [0.25, 0.3) is 0 Å². The monoisotopic (exact) mass is 269 g/mol. The summed E-state index contributed by atoms with van der Waals surface area (Å²) in [5.41, 5.74) is 0.779. The summed E-state index contributed by atoms with van der Waals surface area (Å²) >= 11 is 5.93. The predicted molar refractivity (Wildman–Crippen MR) is 70.9 cm³/mol. The molecule has 0 aliphatic carbocycles. The maximum absolute atomic E-state index is 11.8. The summed E-state index contributed by atoms with van der Waals surface area (Å²) in [5.74, 6) is -0.622. The molecule has 1 amide bonds. The molecule has 0 saturated carbocycles. The van der Waals surface area contributed by atoms with Crippen LogP contribution in [0.2, 0.25) is 5.02 Å². The topological polar surface area (TPSA) is 55.4 Å². The summed E-state index contributed by atoms with van der Waals surface area (Å²) in [6, 6.07) is 4.71. The van der Waals surface area contributed by atoms with Crippen LogP contribution in [0.5, 0.6) is 0 Å². The van der Waals surface area contributed by atoms with E-state index in [0.29, 0.717) is 17.1 Å². The number of hydrogen-bond donors (Lipinski definition) is 1. The zero-order valence-corrected chi connectivity index (χ0v) is 11.4. The van der Waals surface area contributed by atoms with E-state index in [1.54, 1.807) is 32.9 Å². The first kappa shape index (κ1) is 14.5. The van der Waals surface area contributed by atoms with Crippen LogP contribution in [0.15, 0.2) is 18.2 Å². The number of amides is 1. The van der Waals surface area contributed by atoms with E-state index in [2.05, 4.69) is 5.32 Å². The van der Waals surface area contributed by atoms with Crippen LogP contribution < -0.4 is 5.32 Å². The van der Waals surface area contributed by atoms with Gasteiger partial charge in [0.25, 0.3) is 0 Å². The van der Waals surface area contributed by atoms with Crippen LogP contribution in [0.4, 0.5) is 5.69 Å². The molecule has 98 valence electrons. The number of carbonyl (C=O) groups excluding carboxylic acids is 2. The average molecular weight is 270 g/mol. The largest absolute Gasteiger partial charge is 0.459 e. The molecule has 5 heteroatoms. The number of hydrogen-bond acceptors (Lipinski definition) is 3. The molecular weight excluding hydrogens is 254 g/mol. The molecule has 0 unspecified atom stereocenters. The van der Waals surface area contributed by atoms with Crippen LogP contribution in [0, 0.1) is 0 Å². The lowest BCUT2D eigenvalue weighted by Crippen LogP contribution is -2.14. The van der Waals surface area contributed by atoms with E-state index in [1.165, 1.54) is 6.07 Å². The molecule has 0 spiro atoms. The van der Waals surface area contributed by atoms with Gasteiger partial charge in [-0.05, 0) is 32.0 Å². The second-order valence-corrected chi connectivity index (χ2v) is 4.46.